The van der Waals surface area contributed by atoms with E-state index in [1.807, 2.05) is 42.5 Å². The van der Waals surface area contributed by atoms with E-state index in [2.05, 4.69) is 33.7 Å². The van der Waals surface area contributed by atoms with Crippen LogP contribution in [0, 0.1) is 5.92 Å². The van der Waals surface area contributed by atoms with E-state index in [0.717, 1.165) is 48.8 Å². The topological polar surface area (TPSA) is 61.4 Å². The van der Waals surface area contributed by atoms with Gasteiger partial charge in [-0.05, 0) is 72.8 Å². The number of hydrogen-bond donors (Lipinski definition) is 2. The number of nitrogens with zero attached hydrogens (tertiary/aromatic N) is 1. The van der Waals surface area contributed by atoms with Gasteiger partial charge in [0.25, 0.3) is 5.91 Å². The zero-order valence-corrected chi connectivity index (χ0v) is 19.0. The van der Waals surface area contributed by atoms with E-state index in [1.165, 1.54) is 24.8 Å². The van der Waals surface area contributed by atoms with Crippen LogP contribution >= 0.6 is 0 Å². The molecule has 0 bridgehead atoms. The summed E-state index contributed by atoms with van der Waals surface area (Å²) >= 11 is 0. The number of carbonyl (C=O) groups excluding carboxylic acids is 2. The molecule has 5 heteroatoms. The summed E-state index contributed by atoms with van der Waals surface area (Å²) in [5, 5.41) is 8.10. The van der Waals surface area contributed by atoms with Crippen LogP contribution in [0.15, 0.2) is 60.7 Å². The van der Waals surface area contributed by atoms with Crippen LogP contribution in [-0.4, -0.2) is 29.8 Å². The first-order valence-electron chi connectivity index (χ1n) is 12.1. The molecule has 0 atom stereocenters. The molecule has 5 nitrogen and oxygen atoms in total. The predicted octanol–water partition coefficient (Wildman–Crippen LogP) is 5.10. The average molecular weight is 442 g/mol. The largest absolute Gasteiger partial charge is 0.348 e. The number of anilines is 1. The Morgan fingerprint density at radius 1 is 0.848 bits per heavy atom. The summed E-state index contributed by atoms with van der Waals surface area (Å²) in [6.07, 6.45) is 5.69. The van der Waals surface area contributed by atoms with Gasteiger partial charge in [0.2, 0.25) is 5.91 Å². The van der Waals surface area contributed by atoms with Gasteiger partial charge in [-0.3, -0.25) is 14.5 Å². The molecule has 1 aliphatic carbocycles. The molecule has 1 heterocycles. The van der Waals surface area contributed by atoms with E-state index >= 15 is 0 Å². The van der Waals surface area contributed by atoms with Gasteiger partial charge in [0.1, 0.15) is 0 Å². The Hall–Kier alpha value is -3.18. The first-order valence-corrected chi connectivity index (χ1v) is 12.1. The molecule has 5 rings (SSSR count). The highest BCUT2D eigenvalue weighted by molar-refractivity contribution is 6.08. The van der Waals surface area contributed by atoms with E-state index in [9.17, 15) is 9.59 Å². The number of nitrogens with one attached hydrogen (secondary N) is 2. The standard InChI is InChI=1S/C28H31N3O2/c32-27(20-12-13-20)30-26-17-22-9-3-2-8-21(22)16-25(26)28(33)29-18-23-10-4-5-11-24(23)19-31-14-6-1-7-15-31/h2-5,8-11,16-17,20H,1,6-7,12-15,18-19H2,(H,29,33)(H,30,32). The van der Waals surface area contributed by atoms with Crippen LogP contribution in [0.4, 0.5) is 5.69 Å². The quantitative estimate of drug-likeness (QED) is 0.536. The number of rotatable bonds is 7. The molecule has 3 aromatic carbocycles. The van der Waals surface area contributed by atoms with Crippen molar-refractivity contribution in [2.75, 3.05) is 18.4 Å². The number of carbonyl (C=O) groups is 2. The van der Waals surface area contributed by atoms with E-state index in [1.54, 1.807) is 0 Å². The smallest absolute Gasteiger partial charge is 0.253 e. The minimum Gasteiger partial charge on any atom is -0.348 e. The first-order chi connectivity index (χ1) is 16.2. The van der Waals surface area contributed by atoms with Gasteiger partial charge >= 0.3 is 0 Å². The number of amides is 2. The molecule has 2 N–H and O–H groups in total. The third kappa shape index (κ3) is 5.25. The van der Waals surface area contributed by atoms with Crippen LogP contribution in [0.3, 0.4) is 0 Å². The number of hydrogen-bond acceptors (Lipinski definition) is 3. The highest BCUT2D eigenvalue weighted by Crippen LogP contribution is 2.32. The molecule has 0 unspecified atom stereocenters. The Balaban J connectivity index is 1.34. The van der Waals surface area contributed by atoms with Crippen molar-refractivity contribution in [1.82, 2.24) is 10.2 Å². The van der Waals surface area contributed by atoms with E-state index in [0.29, 0.717) is 17.8 Å². The van der Waals surface area contributed by atoms with Gasteiger partial charge in [-0.2, -0.15) is 0 Å². The molecule has 1 saturated heterocycles. The summed E-state index contributed by atoms with van der Waals surface area (Å²) in [5.74, 6) is -0.0834. The fourth-order valence-electron chi connectivity index (χ4n) is 4.63. The number of likely N-dealkylation sites (tertiary alicyclic amines) is 1. The van der Waals surface area contributed by atoms with Gasteiger partial charge < -0.3 is 10.6 Å². The SMILES string of the molecule is O=C(NCc1ccccc1CN1CCCCC1)c1cc2ccccc2cc1NC(=O)C1CC1. The summed E-state index contributed by atoms with van der Waals surface area (Å²) < 4.78 is 0. The van der Waals surface area contributed by atoms with Gasteiger partial charge in [0.05, 0.1) is 11.3 Å². The lowest BCUT2D eigenvalue weighted by molar-refractivity contribution is -0.117. The van der Waals surface area contributed by atoms with Crippen LogP contribution in [0.1, 0.15) is 53.6 Å². The monoisotopic (exact) mass is 441 g/mol. The Bertz CT molecular complexity index is 1160. The fourth-order valence-corrected chi connectivity index (χ4v) is 4.63. The third-order valence-electron chi connectivity index (χ3n) is 6.74. The fraction of sp³-hybridized carbons (Fsp3) is 0.357. The second kappa shape index (κ2) is 9.75. The number of benzene rings is 3. The van der Waals surface area contributed by atoms with E-state index < -0.39 is 0 Å². The Morgan fingerprint density at radius 2 is 1.52 bits per heavy atom. The summed E-state index contributed by atoms with van der Waals surface area (Å²) in [5.41, 5.74) is 3.50. The van der Waals surface area contributed by atoms with E-state index in [4.69, 9.17) is 0 Å². The van der Waals surface area contributed by atoms with Crippen molar-refractivity contribution in [2.45, 2.75) is 45.2 Å². The van der Waals surface area contributed by atoms with Crippen molar-refractivity contribution in [3.63, 3.8) is 0 Å². The van der Waals surface area contributed by atoms with Gasteiger partial charge in [-0.25, -0.2) is 0 Å². The normalized spacial score (nSPS) is 16.5. The molecule has 170 valence electrons. The van der Waals surface area contributed by atoms with Crippen molar-refractivity contribution >= 4 is 28.3 Å². The Labute approximate surface area is 195 Å². The Morgan fingerprint density at radius 3 is 2.24 bits per heavy atom. The first kappa shape index (κ1) is 21.7. The molecule has 1 saturated carbocycles. The minimum atomic E-state index is -0.167. The van der Waals surface area contributed by atoms with Gasteiger partial charge in [-0.15, -0.1) is 0 Å². The molecular weight excluding hydrogens is 410 g/mol. The van der Waals surface area contributed by atoms with Crippen molar-refractivity contribution in [3.8, 4) is 0 Å². The number of fused-ring (bicyclic) bond motifs is 1. The van der Waals surface area contributed by atoms with Gasteiger partial charge in [0.15, 0.2) is 0 Å². The lowest BCUT2D eigenvalue weighted by Crippen LogP contribution is -2.30. The average Bonchev–Trinajstić information content (AvgIpc) is 3.69. The van der Waals surface area contributed by atoms with Gasteiger partial charge in [0, 0.05) is 19.0 Å². The lowest BCUT2D eigenvalue weighted by atomic mass is 10.0. The van der Waals surface area contributed by atoms with Crippen molar-refractivity contribution in [1.29, 1.82) is 0 Å². The van der Waals surface area contributed by atoms with Crippen molar-refractivity contribution < 1.29 is 9.59 Å². The predicted molar refractivity (Wildman–Crippen MR) is 132 cm³/mol. The molecule has 3 aromatic rings. The third-order valence-corrected chi connectivity index (χ3v) is 6.74. The molecule has 33 heavy (non-hydrogen) atoms. The minimum absolute atomic E-state index is 0.00575. The van der Waals surface area contributed by atoms with Gasteiger partial charge in [-0.1, -0.05) is 55.0 Å². The summed E-state index contributed by atoms with van der Waals surface area (Å²) in [4.78, 5) is 28.2. The molecule has 2 aliphatic rings. The zero-order chi connectivity index (χ0) is 22.6. The van der Waals surface area contributed by atoms with E-state index in [-0.39, 0.29) is 17.7 Å². The molecule has 2 amide bonds. The second-order valence-electron chi connectivity index (χ2n) is 9.30. The van der Waals surface area contributed by atoms with Crippen LogP contribution in [-0.2, 0) is 17.9 Å². The molecule has 0 aromatic heterocycles. The Kier molecular flexibility index (Phi) is 6.40. The number of piperidine rings is 1. The van der Waals surface area contributed by atoms with Crippen LogP contribution < -0.4 is 10.6 Å². The van der Waals surface area contributed by atoms with Crippen LogP contribution in [0.2, 0.25) is 0 Å². The lowest BCUT2D eigenvalue weighted by Gasteiger charge is -2.27. The maximum Gasteiger partial charge on any atom is 0.253 e. The van der Waals surface area contributed by atoms with Crippen LogP contribution in [0.5, 0.6) is 0 Å². The maximum absolute atomic E-state index is 13.3. The molecule has 0 spiro atoms. The maximum atomic E-state index is 13.3. The highest BCUT2D eigenvalue weighted by atomic mass is 16.2. The summed E-state index contributed by atoms with van der Waals surface area (Å²) in [6, 6.07) is 20.1. The summed E-state index contributed by atoms with van der Waals surface area (Å²) in [6.45, 7) is 3.67. The van der Waals surface area contributed by atoms with Crippen molar-refractivity contribution in [3.05, 3.63) is 77.4 Å². The second-order valence-corrected chi connectivity index (χ2v) is 9.30. The highest BCUT2D eigenvalue weighted by Gasteiger charge is 2.30. The van der Waals surface area contributed by atoms with Crippen LogP contribution in [0.25, 0.3) is 10.8 Å². The zero-order valence-electron chi connectivity index (χ0n) is 19.0. The molecule has 0 radical (unpaired) electrons. The molecule has 1 aliphatic heterocycles. The summed E-state index contributed by atoms with van der Waals surface area (Å²) in [7, 11) is 0. The molecular formula is C28H31N3O2. The molecule has 2 fully saturated rings. The van der Waals surface area contributed by atoms with Crippen molar-refractivity contribution in [2.24, 2.45) is 5.92 Å².